The maximum absolute atomic E-state index is 12.6. The minimum Gasteiger partial charge on any atom is -0.480 e. The summed E-state index contributed by atoms with van der Waals surface area (Å²) in [7, 11) is 0. The fourth-order valence-electron chi connectivity index (χ4n) is 1.36. The fourth-order valence-corrected chi connectivity index (χ4v) is 1.36. The molecule has 6 heteroatoms. The highest BCUT2D eigenvalue weighted by Gasteiger charge is 2.18. The Hall–Kier alpha value is -1.95. The fraction of sp³-hybridized carbons (Fsp3) is 0.333. The van der Waals surface area contributed by atoms with E-state index in [0.29, 0.717) is 6.42 Å². The maximum Gasteiger partial charge on any atom is 0.328 e. The van der Waals surface area contributed by atoms with Crippen LogP contribution in [0.4, 0.5) is 4.39 Å². The van der Waals surface area contributed by atoms with Gasteiger partial charge in [-0.3, -0.25) is 4.79 Å². The summed E-state index contributed by atoms with van der Waals surface area (Å²) in [5.41, 5.74) is 0.780. The zero-order chi connectivity index (χ0) is 13.5. The molecule has 0 aliphatic rings. The Balaban J connectivity index is 2.41. The first-order valence-corrected chi connectivity index (χ1v) is 5.40. The van der Waals surface area contributed by atoms with Gasteiger partial charge in [0, 0.05) is 6.42 Å². The van der Waals surface area contributed by atoms with Crippen LogP contribution in [0.5, 0.6) is 0 Å². The summed E-state index contributed by atoms with van der Waals surface area (Å²) in [6.45, 7) is -0.655. The summed E-state index contributed by atoms with van der Waals surface area (Å²) < 4.78 is 12.6. The molecule has 0 fully saturated rings. The van der Waals surface area contributed by atoms with Crippen molar-refractivity contribution in [2.24, 2.45) is 0 Å². The number of carboxylic acid groups (broad SMARTS) is 1. The molecule has 1 rings (SSSR count). The Labute approximate surface area is 103 Å². The molecule has 0 unspecified atom stereocenters. The van der Waals surface area contributed by atoms with Gasteiger partial charge in [0.25, 0.3) is 0 Å². The van der Waals surface area contributed by atoms with E-state index in [1.165, 1.54) is 12.1 Å². The average molecular weight is 255 g/mol. The summed E-state index contributed by atoms with van der Waals surface area (Å²) in [6, 6.07) is 4.42. The summed E-state index contributed by atoms with van der Waals surface area (Å²) in [4.78, 5) is 22.0. The van der Waals surface area contributed by atoms with Crippen LogP contribution in [-0.4, -0.2) is 34.7 Å². The van der Waals surface area contributed by atoms with E-state index < -0.39 is 24.5 Å². The first-order chi connectivity index (χ1) is 8.52. The van der Waals surface area contributed by atoms with E-state index in [4.69, 9.17) is 10.2 Å². The molecule has 1 aromatic carbocycles. The third-order valence-electron chi connectivity index (χ3n) is 2.37. The second-order valence-electron chi connectivity index (χ2n) is 3.77. The van der Waals surface area contributed by atoms with E-state index in [9.17, 15) is 14.0 Å². The van der Waals surface area contributed by atoms with Crippen molar-refractivity contribution in [3.05, 3.63) is 35.6 Å². The quantitative estimate of drug-likeness (QED) is 0.683. The molecule has 0 saturated carbocycles. The number of aliphatic carboxylic acids is 1. The molecule has 0 bridgehead atoms. The molecular weight excluding hydrogens is 241 g/mol. The molecule has 1 aromatic rings. The smallest absolute Gasteiger partial charge is 0.328 e. The van der Waals surface area contributed by atoms with E-state index in [1.807, 2.05) is 0 Å². The van der Waals surface area contributed by atoms with Crippen LogP contribution in [0.1, 0.15) is 12.0 Å². The highest BCUT2D eigenvalue weighted by Crippen LogP contribution is 2.05. The van der Waals surface area contributed by atoms with Crippen LogP contribution in [-0.2, 0) is 16.0 Å². The molecule has 1 amide bonds. The second-order valence-corrected chi connectivity index (χ2v) is 3.77. The molecule has 18 heavy (non-hydrogen) atoms. The van der Waals surface area contributed by atoms with Crippen molar-refractivity contribution in [2.45, 2.75) is 18.9 Å². The SMILES string of the molecule is O=C(CCc1ccc(F)cc1)N[C@H](CO)C(=O)O. The molecule has 0 heterocycles. The third-order valence-corrected chi connectivity index (χ3v) is 2.37. The van der Waals surface area contributed by atoms with Gasteiger partial charge < -0.3 is 15.5 Å². The normalized spacial score (nSPS) is 11.9. The Morgan fingerprint density at radius 3 is 2.39 bits per heavy atom. The summed E-state index contributed by atoms with van der Waals surface area (Å²) in [5, 5.41) is 19.5. The molecule has 5 nitrogen and oxygen atoms in total. The summed E-state index contributed by atoms with van der Waals surface area (Å²) >= 11 is 0. The van der Waals surface area contributed by atoms with E-state index in [0.717, 1.165) is 5.56 Å². The maximum atomic E-state index is 12.6. The standard InChI is InChI=1S/C12H14FNO4/c13-9-4-1-8(2-5-9)3-6-11(16)14-10(7-15)12(17)18/h1-2,4-5,10,15H,3,6-7H2,(H,14,16)(H,17,18)/t10-/m1/s1. The van der Waals surface area contributed by atoms with Crippen LogP contribution < -0.4 is 5.32 Å². The van der Waals surface area contributed by atoms with E-state index in [1.54, 1.807) is 12.1 Å². The minimum atomic E-state index is -1.29. The van der Waals surface area contributed by atoms with Gasteiger partial charge in [0.2, 0.25) is 5.91 Å². The predicted molar refractivity (Wildman–Crippen MR) is 61.4 cm³/mol. The Morgan fingerprint density at radius 1 is 1.28 bits per heavy atom. The van der Waals surface area contributed by atoms with Crippen molar-refractivity contribution >= 4 is 11.9 Å². The number of carboxylic acids is 1. The van der Waals surface area contributed by atoms with Gasteiger partial charge in [-0.2, -0.15) is 0 Å². The molecule has 98 valence electrons. The molecular formula is C12H14FNO4. The molecule has 0 aliphatic carbocycles. The molecule has 0 aliphatic heterocycles. The molecule has 3 N–H and O–H groups in total. The summed E-state index contributed by atoms with van der Waals surface area (Å²) in [5.74, 6) is -2.11. The first-order valence-electron chi connectivity index (χ1n) is 5.40. The number of aliphatic hydroxyl groups is 1. The largest absolute Gasteiger partial charge is 0.480 e. The lowest BCUT2D eigenvalue weighted by Gasteiger charge is -2.11. The number of halogens is 1. The second kappa shape index (κ2) is 6.70. The van der Waals surface area contributed by atoms with E-state index in [2.05, 4.69) is 5.32 Å². The van der Waals surface area contributed by atoms with Crippen LogP contribution in [0.2, 0.25) is 0 Å². The average Bonchev–Trinajstić information content (AvgIpc) is 2.35. The lowest BCUT2D eigenvalue weighted by atomic mass is 10.1. The monoisotopic (exact) mass is 255 g/mol. The summed E-state index contributed by atoms with van der Waals surface area (Å²) in [6.07, 6.45) is 0.458. The van der Waals surface area contributed by atoms with Gasteiger partial charge in [-0.25, -0.2) is 9.18 Å². The van der Waals surface area contributed by atoms with Crippen molar-refractivity contribution in [3.63, 3.8) is 0 Å². The number of aryl methyl sites for hydroxylation is 1. The molecule has 1 atom stereocenters. The predicted octanol–water partition coefficient (Wildman–Crippen LogP) is 0.320. The zero-order valence-electron chi connectivity index (χ0n) is 9.60. The van der Waals surface area contributed by atoms with Crippen LogP contribution in [0, 0.1) is 5.82 Å². The topological polar surface area (TPSA) is 86.6 Å². The van der Waals surface area contributed by atoms with Gasteiger partial charge in [-0.05, 0) is 24.1 Å². The van der Waals surface area contributed by atoms with Gasteiger partial charge in [0.15, 0.2) is 0 Å². The van der Waals surface area contributed by atoms with Crippen molar-refractivity contribution in [2.75, 3.05) is 6.61 Å². The number of rotatable bonds is 6. The van der Waals surface area contributed by atoms with Crippen LogP contribution in [0.15, 0.2) is 24.3 Å². The first kappa shape index (κ1) is 14.1. The van der Waals surface area contributed by atoms with E-state index >= 15 is 0 Å². The van der Waals surface area contributed by atoms with Crippen molar-refractivity contribution < 1.29 is 24.2 Å². The number of benzene rings is 1. The Morgan fingerprint density at radius 2 is 1.89 bits per heavy atom. The van der Waals surface area contributed by atoms with Crippen molar-refractivity contribution in [3.8, 4) is 0 Å². The van der Waals surface area contributed by atoms with Crippen LogP contribution >= 0.6 is 0 Å². The highest BCUT2D eigenvalue weighted by atomic mass is 19.1. The molecule has 0 spiro atoms. The minimum absolute atomic E-state index is 0.0788. The van der Waals surface area contributed by atoms with Crippen LogP contribution in [0.3, 0.4) is 0 Å². The third kappa shape index (κ3) is 4.50. The van der Waals surface area contributed by atoms with Crippen molar-refractivity contribution in [1.29, 1.82) is 0 Å². The number of hydrogen-bond acceptors (Lipinski definition) is 3. The van der Waals surface area contributed by atoms with E-state index in [-0.39, 0.29) is 12.2 Å². The Bertz CT molecular complexity index is 419. The number of aliphatic hydroxyl groups excluding tert-OH is 1. The van der Waals surface area contributed by atoms with Gasteiger partial charge in [-0.1, -0.05) is 12.1 Å². The Kier molecular flexibility index (Phi) is 5.26. The molecule has 0 aromatic heterocycles. The number of nitrogens with one attached hydrogen (secondary N) is 1. The molecule has 0 saturated heterocycles. The lowest BCUT2D eigenvalue weighted by molar-refractivity contribution is -0.142. The number of carbonyl (C=O) groups is 2. The van der Waals surface area contributed by atoms with Gasteiger partial charge in [-0.15, -0.1) is 0 Å². The number of hydrogen-bond donors (Lipinski definition) is 3. The van der Waals surface area contributed by atoms with Crippen molar-refractivity contribution in [1.82, 2.24) is 5.32 Å². The van der Waals surface area contributed by atoms with Gasteiger partial charge in [0.1, 0.15) is 11.9 Å². The number of amides is 1. The van der Waals surface area contributed by atoms with Gasteiger partial charge in [0.05, 0.1) is 6.61 Å². The van der Waals surface area contributed by atoms with Crippen LogP contribution in [0.25, 0.3) is 0 Å². The number of carbonyl (C=O) groups excluding carboxylic acids is 1. The zero-order valence-corrected chi connectivity index (χ0v) is 9.60. The highest BCUT2D eigenvalue weighted by molar-refractivity contribution is 5.83. The lowest BCUT2D eigenvalue weighted by Crippen LogP contribution is -2.43. The molecule has 0 radical (unpaired) electrons. The van der Waals surface area contributed by atoms with Gasteiger partial charge >= 0.3 is 5.97 Å².